The summed E-state index contributed by atoms with van der Waals surface area (Å²) in [6.07, 6.45) is 4.37. The highest BCUT2D eigenvalue weighted by Crippen LogP contribution is 2.22. The maximum absolute atomic E-state index is 4.68. The average Bonchev–Trinajstić information content (AvgIpc) is 2.42. The lowest BCUT2D eigenvalue weighted by atomic mass is 10.0. The highest BCUT2D eigenvalue weighted by molar-refractivity contribution is 5.57. The highest BCUT2D eigenvalue weighted by atomic mass is 15.1. The van der Waals surface area contributed by atoms with Crippen LogP contribution in [0.5, 0.6) is 0 Å². The predicted octanol–water partition coefficient (Wildman–Crippen LogP) is 4.02. The molecule has 2 N–H and O–H groups in total. The van der Waals surface area contributed by atoms with Gasteiger partial charge in [-0.2, -0.15) is 0 Å². The van der Waals surface area contributed by atoms with Crippen LogP contribution in [0.25, 0.3) is 0 Å². The van der Waals surface area contributed by atoms with E-state index in [1.807, 2.05) is 7.05 Å². The van der Waals surface area contributed by atoms with Crippen LogP contribution in [-0.2, 0) is 6.42 Å². The number of nitrogens with one attached hydrogen (secondary N) is 2. The Morgan fingerprint density at radius 1 is 1.10 bits per heavy atom. The van der Waals surface area contributed by atoms with Crippen LogP contribution in [0.15, 0.2) is 0 Å². The van der Waals surface area contributed by atoms with Crippen molar-refractivity contribution in [2.24, 2.45) is 5.92 Å². The normalized spacial score (nSPS) is 13.9. The molecule has 4 nitrogen and oxygen atoms in total. The lowest BCUT2D eigenvalue weighted by Crippen LogP contribution is -2.21. The molecule has 2 unspecified atom stereocenters. The highest BCUT2D eigenvalue weighted by Gasteiger charge is 2.13. The monoisotopic (exact) mass is 278 g/mol. The summed E-state index contributed by atoms with van der Waals surface area (Å²) in [6.45, 7) is 11.0. The van der Waals surface area contributed by atoms with Crippen molar-refractivity contribution in [3.05, 3.63) is 11.4 Å². The van der Waals surface area contributed by atoms with Gasteiger partial charge in [0.15, 0.2) is 0 Å². The SMILES string of the molecule is CCCc1nc(NC)c(C)c(NC(C)CC(C)CC)n1. The number of aryl methyl sites for hydroxylation is 1. The molecular weight excluding hydrogens is 248 g/mol. The van der Waals surface area contributed by atoms with Gasteiger partial charge in [0.25, 0.3) is 0 Å². The van der Waals surface area contributed by atoms with Crippen molar-refractivity contribution in [3.63, 3.8) is 0 Å². The number of anilines is 2. The fraction of sp³-hybridized carbons (Fsp3) is 0.750. The summed E-state index contributed by atoms with van der Waals surface area (Å²) in [5, 5.41) is 6.73. The summed E-state index contributed by atoms with van der Waals surface area (Å²) < 4.78 is 0. The van der Waals surface area contributed by atoms with Crippen LogP contribution in [0.4, 0.5) is 11.6 Å². The molecule has 4 heteroatoms. The van der Waals surface area contributed by atoms with Crippen LogP contribution in [0, 0.1) is 12.8 Å². The van der Waals surface area contributed by atoms with Gasteiger partial charge >= 0.3 is 0 Å². The summed E-state index contributed by atoms with van der Waals surface area (Å²) in [5.74, 6) is 3.56. The van der Waals surface area contributed by atoms with Crippen LogP contribution in [0.3, 0.4) is 0 Å². The van der Waals surface area contributed by atoms with Gasteiger partial charge in [0.2, 0.25) is 0 Å². The summed E-state index contributed by atoms with van der Waals surface area (Å²) >= 11 is 0. The number of rotatable bonds is 8. The van der Waals surface area contributed by atoms with Gasteiger partial charge in [-0.25, -0.2) is 9.97 Å². The minimum Gasteiger partial charge on any atom is -0.373 e. The maximum Gasteiger partial charge on any atom is 0.134 e. The van der Waals surface area contributed by atoms with Crippen LogP contribution in [0.2, 0.25) is 0 Å². The zero-order valence-electron chi connectivity index (χ0n) is 13.9. The van der Waals surface area contributed by atoms with E-state index in [4.69, 9.17) is 0 Å². The zero-order chi connectivity index (χ0) is 15.1. The molecule has 0 aliphatic heterocycles. The Labute approximate surface area is 123 Å². The Hall–Kier alpha value is -1.32. The first-order valence-electron chi connectivity index (χ1n) is 7.83. The molecule has 0 aromatic carbocycles. The van der Waals surface area contributed by atoms with E-state index in [1.165, 1.54) is 6.42 Å². The summed E-state index contributed by atoms with van der Waals surface area (Å²) in [7, 11) is 1.91. The average molecular weight is 278 g/mol. The number of aromatic nitrogens is 2. The van der Waals surface area contributed by atoms with Crippen molar-refractivity contribution in [2.75, 3.05) is 17.7 Å². The van der Waals surface area contributed by atoms with E-state index in [9.17, 15) is 0 Å². The largest absolute Gasteiger partial charge is 0.373 e. The Balaban J connectivity index is 2.89. The van der Waals surface area contributed by atoms with E-state index < -0.39 is 0 Å². The summed E-state index contributed by atoms with van der Waals surface area (Å²) in [4.78, 5) is 9.24. The molecule has 1 rings (SSSR count). The fourth-order valence-corrected chi connectivity index (χ4v) is 2.34. The van der Waals surface area contributed by atoms with Crippen molar-refractivity contribution >= 4 is 11.6 Å². The molecule has 0 saturated heterocycles. The molecule has 0 spiro atoms. The standard InChI is InChI=1S/C16H30N4/c1-7-9-14-19-15(17-6)13(5)16(20-14)18-12(4)10-11(3)8-2/h11-12H,7-10H2,1-6H3,(H2,17,18,19,20). The number of hydrogen-bond donors (Lipinski definition) is 2. The van der Waals surface area contributed by atoms with E-state index >= 15 is 0 Å². The van der Waals surface area contributed by atoms with Crippen LogP contribution >= 0.6 is 0 Å². The minimum atomic E-state index is 0.428. The van der Waals surface area contributed by atoms with Gasteiger partial charge in [-0.15, -0.1) is 0 Å². The molecule has 0 amide bonds. The van der Waals surface area contributed by atoms with Gasteiger partial charge in [0.05, 0.1) is 0 Å². The Bertz CT molecular complexity index is 417. The molecule has 0 bridgehead atoms. The second-order valence-electron chi connectivity index (χ2n) is 5.76. The van der Waals surface area contributed by atoms with Gasteiger partial charge < -0.3 is 10.6 Å². The van der Waals surface area contributed by atoms with E-state index in [0.29, 0.717) is 6.04 Å². The second kappa shape index (κ2) is 8.08. The quantitative estimate of drug-likeness (QED) is 0.754. The molecule has 0 fully saturated rings. The molecule has 1 aromatic rings. The van der Waals surface area contributed by atoms with Gasteiger partial charge in [0, 0.05) is 25.1 Å². The van der Waals surface area contributed by atoms with E-state index in [1.54, 1.807) is 0 Å². The van der Waals surface area contributed by atoms with Crippen molar-refractivity contribution in [2.45, 2.75) is 66.3 Å². The first-order chi connectivity index (χ1) is 9.51. The van der Waals surface area contributed by atoms with Crippen LogP contribution in [-0.4, -0.2) is 23.1 Å². The van der Waals surface area contributed by atoms with Gasteiger partial charge in [0.1, 0.15) is 17.5 Å². The molecule has 2 atom stereocenters. The van der Waals surface area contributed by atoms with Crippen LogP contribution in [0.1, 0.15) is 58.3 Å². The zero-order valence-corrected chi connectivity index (χ0v) is 13.9. The third-order valence-corrected chi connectivity index (χ3v) is 3.74. The number of nitrogens with zero attached hydrogens (tertiary/aromatic N) is 2. The summed E-state index contributed by atoms with van der Waals surface area (Å²) in [6, 6.07) is 0.428. The van der Waals surface area contributed by atoms with Crippen molar-refractivity contribution < 1.29 is 0 Å². The third kappa shape index (κ3) is 4.66. The van der Waals surface area contributed by atoms with Gasteiger partial charge in [-0.05, 0) is 32.6 Å². The molecule has 1 heterocycles. The second-order valence-corrected chi connectivity index (χ2v) is 5.76. The molecular formula is C16H30N4. The van der Waals surface area contributed by atoms with E-state index in [0.717, 1.165) is 48.2 Å². The lowest BCUT2D eigenvalue weighted by Gasteiger charge is -2.20. The minimum absolute atomic E-state index is 0.428. The van der Waals surface area contributed by atoms with E-state index in [2.05, 4.69) is 55.2 Å². The predicted molar refractivity (Wildman–Crippen MR) is 87.5 cm³/mol. The topological polar surface area (TPSA) is 49.8 Å². The molecule has 1 aromatic heterocycles. The van der Waals surface area contributed by atoms with Crippen molar-refractivity contribution in [1.82, 2.24) is 9.97 Å². The van der Waals surface area contributed by atoms with Crippen molar-refractivity contribution in [1.29, 1.82) is 0 Å². The van der Waals surface area contributed by atoms with E-state index in [-0.39, 0.29) is 0 Å². The molecule has 20 heavy (non-hydrogen) atoms. The first kappa shape index (κ1) is 16.7. The number of hydrogen-bond acceptors (Lipinski definition) is 4. The van der Waals surface area contributed by atoms with Crippen molar-refractivity contribution in [3.8, 4) is 0 Å². The summed E-state index contributed by atoms with van der Waals surface area (Å²) in [5.41, 5.74) is 1.10. The fourth-order valence-electron chi connectivity index (χ4n) is 2.34. The smallest absolute Gasteiger partial charge is 0.134 e. The Morgan fingerprint density at radius 2 is 1.75 bits per heavy atom. The molecule has 0 radical (unpaired) electrons. The lowest BCUT2D eigenvalue weighted by molar-refractivity contribution is 0.483. The maximum atomic E-state index is 4.68. The third-order valence-electron chi connectivity index (χ3n) is 3.74. The molecule has 0 aliphatic rings. The Kier molecular flexibility index (Phi) is 6.76. The molecule has 0 saturated carbocycles. The molecule has 0 aliphatic carbocycles. The van der Waals surface area contributed by atoms with Gasteiger partial charge in [-0.3, -0.25) is 0 Å². The Morgan fingerprint density at radius 3 is 2.30 bits per heavy atom. The molecule has 114 valence electrons. The first-order valence-corrected chi connectivity index (χ1v) is 7.83. The van der Waals surface area contributed by atoms with Crippen LogP contribution < -0.4 is 10.6 Å². The van der Waals surface area contributed by atoms with Gasteiger partial charge in [-0.1, -0.05) is 27.2 Å².